The zero-order chi connectivity index (χ0) is 16.2. The third kappa shape index (κ3) is 3.61. The van der Waals surface area contributed by atoms with Crippen molar-refractivity contribution in [1.82, 2.24) is 15.1 Å². The van der Waals surface area contributed by atoms with Crippen molar-refractivity contribution in [2.45, 2.75) is 12.5 Å². The number of nitrogens with zero attached hydrogens (tertiary/aromatic N) is 3. The molecule has 1 aliphatic rings. The highest BCUT2D eigenvalue weighted by atomic mass is 79.9. The van der Waals surface area contributed by atoms with Gasteiger partial charge < -0.3 is 14.4 Å². The number of hydrogen-bond acceptors (Lipinski definition) is 5. The average Bonchev–Trinajstić information content (AvgIpc) is 3.04. The fourth-order valence-electron chi connectivity index (χ4n) is 2.50. The smallest absolute Gasteiger partial charge is 0.255 e. The van der Waals surface area contributed by atoms with Gasteiger partial charge in [-0.15, -0.1) is 5.10 Å². The molecule has 0 spiro atoms. The van der Waals surface area contributed by atoms with Gasteiger partial charge in [-0.2, -0.15) is 5.10 Å². The Balaban J connectivity index is 1.68. The van der Waals surface area contributed by atoms with Crippen LogP contribution in [0.4, 0.5) is 0 Å². The molecular weight excluding hydrogens is 362 g/mol. The molecule has 1 fully saturated rings. The van der Waals surface area contributed by atoms with E-state index in [4.69, 9.17) is 9.47 Å². The molecule has 1 aromatic heterocycles. The number of carbonyl (C=O) groups is 1. The highest BCUT2D eigenvalue weighted by Crippen LogP contribution is 2.26. The summed E-state index contributed by atoms with van der Waals surface area (Å²) in [5.41, 5.74) is 0.588. The number of ether oxygens (including phenoxy) is 2. The zero-order valence-electron chi connectivity index (χ0n) is 12.6. The van der Waals surface area contributed by atoms with Crippen molar-refractivity contribution in [3.8, 4) is 11.6 Å². The number of hydrogen-bond donors (Lipinski definition) is 0. The summed E-state index contributed by atoms with van der Waals surface area (Å²) in [5.74, 6) is 1.10. The van der Waals surface area contributed by atoms with Crippen molar-refractivity contribution in [1.29, 1.82) is 0 Å². The first-order valence-corrected chi connectivity index (χ1v) is 8.04. The predicted molar refractivity (Wildman–Crippen MR) is 87.7 cm³/mol. The largest absolute Gasteiger partial charge is 0.497 e. The van der Waals surface area contributed by atoms with Gasteiger partial charge in [0.05, 0.1) is 19.2 Å². The van der Waals surface area contributed by atoms with Gasteiger partial charge in [0.25, 0.3) is 5.91 Å². The van der Waals surface area contributed by atoms with Gasteiger partial charge >= 0.3 is 0 Å². The maximum Gasteiger partial charge on any atom is 0.255 e. The van der Waals surface area contributed by atoms with Crippen LogP contribution in [0.1, 0.15) is 16.8 Å². The maximum atomic E-state index is 12.7. The molecule has 1 aromatic carbocycles. The number of benzene rings is 1. The fourth-order valence-corrected chi connectivity index (χ4v) is 2.91. The Morgan fingerprint density at radius 2 is 2.26 bits per heavy atom. The Bertz CT molecular complexity index is 696. The highest BCUT2D eigenvalue weighted by molar-refractivity contribution is 9.10. The molecule has 1 amide bonds. The van der Waals surface area contributed by atoms with E-state index in [-0.39, 0.29) is 12.0 Å². The minimum atomic E-state index is -0.0694. The predicted octanol–water partition coefficient (Wildman–Crippen LogP) is 2.54. The van der Waals surface area contributed by atoms with Crippen molar-refractivity contribution in [2.75, 3.05) is 20.2 Å². The Morgan fingerprint density at radius 3 is 3.00 bits per heavy atom. The molecule has 2 aromatic rings. The van der Waals surface area contributed by atoms with Crippen LogP contribution >= 0.6 is 15.9 Å². The summed E-state index contributed by atoms with van der Waals surface area (Å²) >= 11 is 3.42. The molecule has 0 saturated carbocycles. The molecule has 1 unspecified atom stereocenters. The summed E-state index contributed by atoms with van der Waals surface area (Å²) in [7, 11) is 1.58. The van der Waals surface area contributed by atoms with E-state index in [1.54, 1.807) is 36.4 Å². The first kappa shape index (κ1) is 15.7. The topological polar surface area (TPSA) is 64.5 Å². The van der Waals surface area contributed by atoms with Crippen molar-refractivity contribution < 1.29 is 14.3 Å². The molecule has 6 nitrogen and oxygen atoms in total. The van der Waals surface area contributed by atoms with Crippen LogP contribution in [0.15, 0.2) is 41.0 Å². The molecule has 0 aliphatic carbocycles. The molecule has 7 heteroatoms. The van der Waals surface area contributed by atoms with E-state index < -0.39 is 0 Å². The summed E-state index contributed by atoms with van der Waals surface area (Å²) in [4.78, 5) is 14.5. The number of amides is 1. The van der Waals surface area contributed by atoms with Crippen molar-refractivity contribution in [2.24, 2.45) is 0 Å². The molecule has 0 bridgehead atoms. The van der Waals surface area contributed by atoms with Crippen molar-refractivity contribution in [3.05, 3.63) is 46.6 Å². The molecular formula is C16H16BrN3O3. The molecule has 3 rings (SSSR count). The van der Waals surface area contributed by atoms with E-state index in [0.717, 1.165) is 10.9 Å². The van der Waals surface area contributed by atoms with E-state index >= 15 is 0 Å². The first-order chi connectivity index (χ1) is 11.2. The monoisotopic (exact) mass is 377 g/mol. The van der Waals surface area contributed by atoms with E-state index in [2.05, 4.69) is 26.1 Å². The van der Waals surface area contributed by atoms with Gasteiger partial charge in [0.1, 0.15) is 11.9 Å². The number of carbonyl (C=O) groups excluding carboxylic acids is 1. The van der Waals surface area contributed by atoms with Crippen molar-refractivity contribution in [3.63, 3.8) is 0 Å². The summed E-state index contributed by atoms with van der Waals surface area (Å²) in [6.45, 7) is 1.17. The van der Waals surface area contributed by atoms with Crippen LogP contribution in [-0.2, 0) is 0 Å². The van der Waals surface area contributed by atoms with Crippen LogP contribution in [0, 0.1) is 0 Å². The lowest BCUT2D eigenvalue weighted by molar-refractivity contribution is 0.0769. The second kappa shape index (κ2) is 6.95. The first-order valence-electron chi connectivity index (χ1n) is 7.24. The molecule has 0 N–H and O–H groups in total. The zero-order valence-corrected chi connectivity index (χ0v) is 14.2. The number of rotatable bonds is 4. The lowest BCUT2D eigenvalue weighted by Crippen LogP contribution is -2.31. The Labute approximate surface area is 142 Å². The Kier molecular flexibility index (Phi) is 4.76. The second-order valence-corrected chi connectivity index (χ2v) is 6.04. The van der Waals surface area contributed by atoms with E-state index in [0.29, 0.717) is 30.3 Å². The summed E-state index contributed by atoms with van der Waals surface area (Å²) in [5, 5.41) is 7.69. The lowest BCUT2D eigenvalue weighted by Gasteiger charge is -2.18. The summed E-state index contributed by atoms with van der Waals surface area (Å²) < 4.78 is 11.7. The Morgan fingerprint density at radius 1 is 1.39 bits per heavy atom. The molecule has 1 aliphatic heterocycles. The van der Waals surface area contributed by atoms with Crippen LogP contribution in [0.5, 0.6) is 11.6 Å². The number of aromatic nitrogens is 2. The molecule has 1 saturated heterocycles. The van der Waals surface area contributed by atoms with Gasteiger partial charge in [-0.1, -0.05) is 0 Å². The Hall–Kier alpha value is -2.15. The van der Waals surface area contributed by atoms with E-state index in [1.165, 1.54) is 0 Å². The number of methoxy groups -OCH3 is 1. The maximum absolute atomic E-state index is 12.7. The summed E-state index contributed by atoms with van der Waals surface area (Å²) in [6, 6.07) is 8.90. The molecule has 23 heavy (non-hydrogen) atoms. The molecule has 0 radical (unpaired) electrons. The van der Waals surface area contributed by atoms with Crippen LogP contribution in [0.25, 0.3) is 0 Å². The molecule has 1 atom stereocenters. The highest BCUT2D eigenvalue weighted by Gasteiger charge is 2.29. The third-order valence-corrected chi connectivity index (χ3v) is 4.36. The van der Waals surface area contributed by atoms with Crippen molar-refractivity contribution >= 4 is 21.8 Å². The van der Waals surface area contributed by atoms with E-state index in [1.807, 2.05) is 12.1 Å². The minimum Gasteiger partial charge on any atom is -0.497 e. The SMILES string of the molecule is COc1ccc(Br)c(C(=O)N2CCC(Oc3cccnn3)C2)c1. The van der Waals surface area contributed by atoms with Gasteiger partial charge in [-0.25, -0.2) is 0 Å². The number of halogens is 1. The third-order valence-electron chi connectivity index (χ3n) is 3.67. The van der Waals surface area contributed by atoms with Crippen LogP contribution in [0.3, 0.4) is 0 Å². The van der Waals surface area contributed by atoms with Crippen LogP contribution < -0.4 is 9.47 Å². The number of likely N-dealkylation sites (tertiary alicyclic amines) is 1. The normalized spacial score (nSPS) is 17.1. The molecule has 120 valence electrons. The van der Waals surface area contributed by atoms with Crippen LogP contribution in [-0.4, -0.2) is 47.3 Å². The molecule has 2 heterocycles. The van der Waals surface area contributed by atoms with Gasteiger partial charge in [0.2, 0.25) is 5.88 Å². The minimum absolute atomic E-state index is 0.0407. The summed E-state index contributed by atoms with van der Waals surface area (Å²) in [6.07, 6.45) is 2.29. The van der Waals surface area contributed by atoms with Gasteiger partial charge in [-0.05, 0) is 40.2 Å². The fraction of sp³-hybridized carbons (Fsp3) is 0.312. The van der Waals surface area contributed by atoms with Gasteiger partial charge in [-0.3, -0.25) is 4.79 Å². The van der Waals surface area contributed by atoms with Gasteiger partial charge in [0, 0.05) is 29.7 Å². The standard InChI is InChI=1S/C16H16BrN3O3/c1-22-11-4-5-14(17)13(9-11)16(21)20-8-6-12(10-20)23-15-3-2-7-18-19-15/h2-5,7,9,12H,6,8,10H2,1H3. The quantitative estimate of drug-likeness (QED) is 0.818. The lowest BCUT2D eigenvalue weighted by atomic mass is 10.2. The second-order valence-electron chi connectivity index (χ2n) is 5.19. The van der Waals surface area contributed by atoms with Gasteiger partial charge in [0.15, 0.2) is 0 Å². The van der Waals surface area contributed by atoms with Crippen LogP contribution in [0.2, 0.25) is 0 Å². The average molecular weight is 378 g/mol. The van der Waals surface area contributed by atoms with E-state index in [9.17, 15) is 4.79 Å².